The van der Waals surface area contributed by atoms with Crippen LogP contribution in [0.25, 0.3) is 0 Å². The number of carbonyl (C=O) groups excluding carboxylic acids is 1. The van der Waals surface area contributed by atoms with Crippen molar-refractivity contribution < 1.29 is 9.53 Å². The van der Waals surface area contributed by atoms with Gasteiger partial charge in [-0.15, -0.1) is 0 Å². The van der Waals surface area contributed by atoms with Crippen LogP contribution in [-0.2, 0) is 4.79 Å². The molecule has 0 unspecified atom stereocenters. The Morgan fingerprint density at radius 2 is 1.92 bits per heavy atom. The molecule has 1 fully saturated rings. The number of halogens is 1. The average Bonchev–Trinajstić information content (AvgIpc) is 3.10. The first-order valence-corrected chi connectivity index (χ1v) is 8.93. The molecule has 1 heterocycles. The molecule has 1 amide bonds. The van der Waals surface area contributed by atoms with Crippen LogP contribution in [0, 0.1) is 5.92 Å². The van der Waals surface area contributed by atoms with Gasteiger partial charge in [0.05, 0.1) is 4.47 Å². The Hall–Kier alpha value is -1.85. The van der Waals surface area contributed by atoms with E-state index in [1.54, 1.807) is 0 Å². The first-order valence-electron chi connectivity index (χ1n) is 8.14. The monoisotopic (exact) mass is 388 g/mol. The van der Waals surface area contributed by atoms with Crippen molar-refractivity contribution in [3.63, 3.8) is 0 Å². The average molecular weight is 389 g/mol. The highest BCUT2D eigenvalue weighted by Crippen LogP contribution is 2.31. The van der Waals surface area contributed by atoms with Crippen molar-refractivity contribution in [2.45, 2.75) is 12.5 Å². The van der Waals surface area contributed by atoms with E-state index in [1.165, 1.54) is 0 Å². The Morgan fingerprint density at radius 1 is 1.21 bits per heavy atom. The van der Waals surface area contributed by atoms with Gasteiger partial charge in [0.15, 0.2) is 0 Å². The molecule has 2 atom stereocenters. The number of carbonyl (C=O) groups is 1. The summed E-state index contributed by atoms with van der Waals surface area (Å²) in [6.45, 7) is 2.06. The van der Waals surface area contributed by atoms with Crippen molar-refractivity contribution in [1.82, 2.24) is 4.90 Å². The highest BCUT2D eigenvalue weighted by Gasteiger charge is 2.32. The molecular weight excluding hydrogens is 368 g/mol. The lowest BCUT2D eigenvalue weighted by Crippen LogP contribution is -2.36. The fourth-order valence-electron chi connectivity index (χ4n) is 2.95. The van der Waals surface area contributed by atoms with Crippen molar-refractivity contribution >= 4 is 21.8 Å². The molecular formula is C19H21BrN2O2. The lowest BCUT2D eigenvalue weighted by atomic mass is 10.1. The summed E-state index contributed by atoms with van der Waals surface area (Å²) in [5.74, 6) is 1.04. The third kappa shape index (κ3) is 3.79. The molecule has 5 heteroatoms. The normalized spacial score (nSPS) is 18.4. The highest BCUT2D eigenvalue weighted by molar-refractivity contribution is 9.10. The van der Waals surface area contributed by atoms with Crippen LogP contribution in [-0.4, -0.2) is 30.4 Å². The lowest BCUT2D eigenvalue weighted by Gasteiger charge is -2.25. The van der Waals surface area contributed by atoms with Gasteiger partial charge in [-0.1, -0.05) is 42.5 Å². The number of amides is 1. The van der Waals surface area contributed by atoms with Crippen LogP contribution in [0.15, 0.2) is 59.1 Å². The maximum absolute atomic E-state index is 13.1. The van der Waals surface area contributed by atoms with Crippen LogP contribution in [0.4, 0.5) is 0 Å². The summed E-state index contributed by atoms with van der Waals surface area (Å²) in [6, 6.07) is 17.2. The topological polar surface area (TPSA) is 55.6 Å². The molecule has 24 heavy (non-hydrogen) atoms. The number of hydrogen-bond donors (Lipinski definition) is 1. The Labute approximate surface area is 150 Å². The fraction of sp³-hybridized carbons (Fsp3) is 0.316. The SMILES string of the molecule is NC[C@H]1CCN(C(=O)[C@H](Oc2ccccc2Br)c2ccccc2)C1. The van der Waals surface area contributed by atoms with E-state index >= 15 is 0 Å². The van der Waals surface area contributed by atoms with Gasteiger partial charge in [0.2, 0.25) is 6.10 Å². The molecule has 2 aromatic carbocycles. The van der Waals surface area contributed by atoms with Crippen LogP contribution < -0.4 is 10.5 Å². The maximum Gasteiger partial charge on any atom is 0.268 e. The number of rotatable bonds is 5. The quantitative estimate of drug-likeness (QED) is 0.853. The fourth-order valence-corrected chi connectivity index (χ4v) is 3.33. The lowest BCUT2D eigenvalue weighted by molar-refractivity contribution is -0.138. The van der Waals surface area contributed by atoms with E-state index in [9.17, 15) is 4.79 Å². The van der Waals surface area contributed by atoms with Crippen molar-refractivity contribution in [3.8, 4) is 5.75 Å². The predicted octanol–water partition coefficient (Wildman–Crippen LogP) is 3.38. The van der Waals surface area contributed by atoms with E-state index in [0.29, 0.717) is 24.8 Å². The molecule has 0 aliphatic carbocycles. The number of hydrogen-bond acceptors (Lipinski definition) is 3. The van der Waals surface area contributed by atoms with Gasteiger partial charge in [0.25, 0.3) is 5.91 Å². The van der Waals surface area contributed by atoms with Crippen LogP contribution in [0.1, 0.15) is 18.1 Å². The summed E-state index contributed by atoms with van der Waals surface area (Å²) in [5.41, 5.74) is 6.61. The molecule has 0 spiro atoms. The van der Waals surface area contributed by atoms with Crippen molar-refractivity contribution in [2.75, 3.05) is 19.6 Å². The van der Waals surface area contributed by atoms with E-state index in [0.717, 1.165) is 23.0 Å². The second-order valence-electron chi connectivity index (χ2n) is 6.01. The number of ether oxygens (including phenoxy) is 1. The Kier molecular flexibility index (Phi) is 5.53. The number of nitrogens with zero attached hydrogens (tertiary/aromatic N) is 1. The number of likely N-dealkylation sites (tertiary alicyclic amines) is 1. The highest BCUT2D eigenvalue weighted by atomic mass is 79.9. The minimum atomic E-state index is -0.651. The second kappa shape index (κ2) is 7.81. The molecule has 0 bridgehead atoms. The molecule has 2 N–H and O–H groups in total. The molecule has 0 aromatic heterocycles. The zero-order valence-corrected chi connectivity index (χ0v) is 15.0. The van der Waals surface area contributed by atoms with Gasteiger partial charge < -0.3 is 15.4 Å². The molecule has 2 aromatic rings. The standard InChI is InChI=1S/C19H21BrN2O2/c20-16-8-4-5-9-17(16)24-18(15-6-2-1-3-7-15)19(23)22-11-10-14(12-21)13-22/h1-9,14,18H,10-13,21H2/t14-,18-/m1/s1. The van der Waals surface area contributed by atoms with Gasteiger partial charge in [-0.25, -0.2) is 0 Å². The molecule has 3 rings (SSSR count). The number of benzene rings is 2. The van der Waals surface area contributed by atoms with Crippen LogP contribution in [0.3, 0.4) is 0 Å². The molecule has 0 saturated carbocycles. The summed E-state index contributed by atoms with van der Waals surface area (Å²) < 4.78 is 6.94. The first-order chi connectivity index (χ1) is 11.7. The molecule has 1 aliphatic rings. The number of nitrogens with two attached hydrogens (primary N) is 1. The van der Waals surface area contributed by atoms with Gasteiger partial charge in [0, 0.05) is 18.7 Å². The molecule has 1 aliphatic heterocycles. The van der Waals surface area contributed by atoms with Gasteiger partial charge in [-0.3, -0.25) is 4.79 Å². The van der Waals surface area contributed by atoms with E-state index in [2.05, 4.69) is 15.9 Å². The second-order valence-corrected chi connectivity index (χ2v) is 6.87. The van der Waals surface area contributed by atoms with Crippen molar-refractivity contribution in [3.05, 3.63) is 64.6 Å². The van der Waals surface area contributed by atoms with Gasteiger partial charge >= 0.3 is 0 Å². The zero-order chi connectivity index (χ0) is 16.9. The van der Waals surface area contributed by atoms with E-state index in [1.807, 2.05) is 59.5 Å². The third-order valence-electron chi connectivity index (χ3n) is 4.34. The molecule has 4 nitrogen and oxygen atoms in total. The predicted molar refractivity (Wildman–Crippen MR) is 97.7 cm³/mol. The molecule has 0 radical (unpaired) electrons. The van der Waals surface area contributed by atoms with Crippen molar-refractivity contribution in [1.29, 1.82) is 0 Å². The minimum Gasteiger partial charge on any atom is -0.475 e. The smallest absolute Gasteiger partial charge is 0.268 e. The molecule has 1 saturated heterocycles. The van der Waals surface area contributed by atoms with Crippen LogP contribution in [0.2, 0.25) is 0 Å². The van der Waals surface area contributed by atoms with Crippen LogP contribution >= 0.6 is 15.9 Å². The van der Waals surface area contributed by atoms with E-state index in [-0.39, 0.29) is 5.91 Å². The Bertz CT molecular complexity index is 693. The minimum absolute atomic E-state index is 0.00657. The summed E-state index contributed by atoms with van der Waals surface area (Å²) >= 11 is 3.48. The molecule has 126 valence electrons. The van der Waals surface area contributed by atoms with E-state index in [4.69, 9.17) is 10.5 Å². The summed E-state index contributed by atoms with van der Waals surface area (Å²) in [7, 11) is 0. The zero-order valence-electron chi connectivity index (χ0n) is 13.4. The van der Waals surface area contributed by atoms with Crippen molar-refractivity contribution in [2.24, 2.45) is 11.7 Å². The number of para-hydroxylation sites is 1. The third-order valence-corrected chi connectivity index (χ3v) is 4.99. The largest absolute Gasteiger partial charge is 0.475 e. The first kappa shape index (κ1) is 17.0. The summed E-state index contributed by atoms with van der Waals surface area (Å²) in [5, 5.41) is 0. The summed E-state index contributed by atoms with van der Waals surface area (Å²) in [6.07, 6.45) is 0.306. The van der Waals surface area contributed by atoms with Gasteiger partial charge in [-0.05, 0) is 46.9 Å². The van der Waals surface area contributed by atoms with E-state index < -0.39 is 6.10 Å². The van der Waals surface area contributed by atoms with Gasteiger partial charge in [-0.2, -0.15) is 0 Å². The Morgan fingerprint density at radius 3 is 2.58 bits per heavy atom. The van der Waals surface area contributed by atoms with Gasteiger partial charge in [0.1, 0.15) is 5.75 Å². The summed E-state index contributed by atoms with van der Waals surface area (Å²) in [4.78, 5) is 14.9. The Balaban J connectivity index is 1.85. The maximum atomic E-state index is 13.1. The van der Waals surface area contributed by atoms with Crippen LogP contribution in [0.5, 0.6) is 5.75 Å².